The maximum absolute atomic E-state index is 12.1. The smallest absolute Gasteiger partial charge is 0.414 e. The number of likely N-dealkylation sites (tertiary alicyclic amines) is 1. The topological polar surface area (TPSA) is 202 Å². The van der Waals surface area contributed by atoms with E-state index in [-0.39, 0.29) is 35.5 Å². The maximum atomic E-state index is 12.1. The number of amides is 2. The molecule has 1 fully saturated rings. The Morgan fingerprint density at radius 1 is 1.23 bits per heavy atom. The molecule has 13 heteroatoms. The Morgan fingerprint density at radius 3 is 2.26 bits per heavy atom. The van der Waals surface area contributed by atoms with Crippen molar-refractivity contribution in [1.82, 2.24) is 4.90 Å². The van der Waals surface area contributed by atoms with Crippen LogP contribution in [0.25, 0.3) is 0 Å². The number of nitrogens with zero attached hydrogens (tertiary/aromatic N) is 2. The molecule has 5 N–H and O–H groups in total. The average Bonchev–Trinajstić information content (AvgIpc) is 2.72. The van der Waals surface area contributed by atoms with Crippen molar-refractivity contribution >= 4 is 35.1 Å². The van der Waals surface area contributed by atoms with Crippen molar-refractivity contribution in [1.29, 1.82) is 0 Å². The number of primary amides is 1. The summed E-state index contributed by atoms with van der Waals surface area (Å²) in [4.78, 5) is 53.9. The summed E-state index contributed by atoms with van der Waals surface area (Å²) in [5, 5.41) is 28.3. The van der Waals surface area contributed by atoms with Gasteiger partial charge in [0.05, 0.1) is 17.7 Å². The highest BCUT2D eigenvalue weighted by Crippen LogP contribution is 2.29. The summed E-state index contributed by atoms with van der Waals surface area (Å²) in [5.41, 5.74) is 5.45. The predicted octanol–water partition coefficient (Wildman–Crippen LogP) is 0.285. The lowest BCUT2D eigenvalue weighted by atomic mass is 9.96. The van der Waals surface area contributed by atoms with Gasteiger partial charge in [0.25, 0.3) is 5.69 Å². The molecule has 0 unspecified atom stereocenters. The molecule has 31 heavy (non-hydrogen) atoms. The third-order valence-corrected chi connectivity index (χ3v) is 4.50. The first-order valence-electron chi connectivity index (χ1n) is 9.15. The molecule has 0 aromatic heterocycles. The molecule has 0 spiro atoms. The third kappa shape index (κ3) is 8.65. The van der Waals surface area contributed by atoms with Gasteiger partial charge in [-0.2, -0.15) is 0 Å². The molecule has 1 aliphatic heterocycles. The highest BCUT2D eigenvalue weighted by molar-refractivity contribution is 6.27. The van der Waals surface area contributed by atoms with Crippen LogP contribution < -0.4 is 15.8 Å². The molecule has 2 amide bonds. The summed E-state index contributed by atoms with van der Waals surface area (Å²) in [6.07, 6.45) is 1.65. The molecule has 0 radical (unpaired) electrons. The molecule has 1 aromatic rings. The second-order valence-electron chi connectivity index (χ2n) is 6.57. The molecule has 0 saturated carbocycles. The molecular weight excluding hydrogens is 416 g/mol. The van der Waals surface area contributed by atoms with Crippen molar-refractivity contribution in [3.63, 3.8) is 0 Å². The van der Waals surface area contributed by atoms with E-state index in [0.717, 1.165) is 13.1 Å². The zero-order valence-corrected chi connectivity index (χ0v) is 16.8. The number of ether oxygens (including phenoxy) is 1. The second-order valence-corrected chi connectivity index (χ2v) is 6.57. The van der Waals surface area contributed by atoms with E-state index >= 15 is 0 Å². The number of hydrogen-bond donors (Lipinski definition) is 4. The van der Waals surface area contributed by atoms with Crippen LogP contribution in [0, 0.1) is 16.0 Å². The van der Waals surface area contributed by atoms with E-state index in [4.69, 9.17) is 30.3 Å². The van der Waals surface area contributed by atoms with Gasteiger partial charge in [-0.3, -0.25) is 19.7 Å². The Kier molecular flexibility index (Phi) is 9.85. The van der Waals surface area contributed by atoms with Crippen LogP contribution in [0.15, 0.2) is 18.2 Å². The molecule has 1 heterocycles. The lowest BCUT2D eigenvalue weighted by Gasteiger charge is -2.30. The van der Waals surface area contributed by atoms with Gasteiger partial charge in [0.1, 0.15) is 5.75 Å². The van der Waals surface area contributed by atoms with E-state index in [9.17, 15) is 19.7 Å². The number of benzene rings is 1. The second kappa shape index (κ2) is 12.1. The van der Waals surface area contributed by atoms with Gasteiger partial charge in [-0.1, -0.05) is 0 Å². The molecule has 170 valence electrons. The van der Waals surface area contributed by atoms with Gasteiger partial charge in [0, 0.05) is 31.0 Å². The third-order valence-electron chi connectivity index (χ3n) is 4.50. The fraction of sp³-hybridized carbons (Fsp3) is 0.444. The predicted molar refractivity (Wildman–Crippen MR) is 107 cm³/mol. The zero-order chi connectivity index (χ0) is 23.6. The number of methoxy groups -OCH3 is 1. The van der Waals surface area contributed by atoms with Gasteiger partial charge in [-0.25, -0.2) is 9.59 Å². The number of nitrogens with one attached hydrogen (secondary N) is 1. The number of carboxylic acid groups (broad SMARTS) is 2. The summed E-state index contributed by atoms with van der Waals surface area (Å²) >= 11 is 0. The standard InChI is InChI=1S/C16H22N4O5.C2H2O4/c1-25-14-3-2-12(20(23)24)10-13(14)18-15(21)6-9-19-7-4-11(5-8-19)16(17)22;3-1(4)2(5)6/h2-3,10-11H,4-9H2,1H3,(H2,17,22)(H,18,21);(H,3,4)(H,5,6). The number of non-ortho nitro benzene ring substituents is 1. The molecule has 2 rings (SSSR count). The Morgan fingerprint density at radius 2 is 1.81 bits per heavy atom. The molecular formula is C18H24N4O9. The molecule has 1 aromatic carbocycles. The molecule has 13 nitrogen and oxygen atoms in total. The van der Waals surface area contributed by atoms with Gasteiger partial charge in [0.2, 0.25) is 11.8 Å². The van der Waals surface area contributed by atoms with Crippen LogP contribution in [0.1, 0.15) is 19.3 Å². The van der Waals surface area contributed by atoms with Crippen LogP contribution in [-0.2, 0) is 19.2 Å². The van der Waals surface area contributed by atoms with Crippen LogP contribution in [0.3, 0.4) is 0 Å². The number of nitro groups is 1. The van der Waals surface area contributed by atoms with Crippen molar-refractivity contribution in [3.8, 4) is 5.75 Å². The molecule has 1 saturated heterocycles. The number of carbonyl (C=O) groups is 4. The average molecular weight is 440 g/mol. The van der Waals surface area contributed by atoms with E-state index in [2.05, 4.69) is 10.2 Å². The van der Waals surface area contributed by atoms with Crippen LogP contribution in [-0.4, -0.2) is 70.5 Å². The van der Waals surface area contributed by atoms with Crippen molar-refractivity contribution in [2.75, 3.05) is 32.1 Å². The first-order chi connectivity index (χ1) is 14.5. The first-order valence-corrected chi connectivity index (χ1v) is 9.15. The minimum absolute atomic E-state index is 0.0841. The van der Waals surface area contributed by atoms with Crippen molar-refractivity contribution in [3.05, 3.63) is 28.3 Å². The summed E-state index contributed by atoms with van der Waals surface area (Å²) in [6.45, 7) is 2.00. The van der Waals surface area contributed by atoms with Gasteiger partial charge in [0.15, 0.2) is 0 Å². The number of carboxylic acids is 2. The quantitative estimate of drug-likeness (QED) is 0.259. The number of carbonyl (C=O) groups excluding carboxylic acids is 2. The highest BCUT2D eigenvalue weighted by Gasteiger charge is 2.23. The largest absolute Gasteiger partial charge is 0.495 e. The van der Waals surface area contributed by atoms with Crippen molar-refractivity contribution in [2.45, 2.75) is 19.3 Å². The summed E-state index contributed by atoms with van der Waals surface area (Å²) < 4.78 is 5.12. The summed E-state index contributed by atoms with van der Waals surface area (Å²) in [5.74, 6) is -3.89. The summed E-state index contributed by atoms with van der Waals surface area (Å²) in [7, 11) is 1.43. The maximum Gasteiger partial charge on any atom is 0.414 e. The Bertz CT molecular complexity index is 823. The zero-order valence-electron chi connectivity index (χ0n) is 16.8. The first kappa shape index (κ1) is 25.3. The Labute approximate surface area is 176 Å². The van der Waals surface area contributed by atoms with E-state index in [1.807, 2.05) is 0 Å². The SMILES string of the molecule is COc1ccc([N+](=O)[O-])cc1NC(=O)CCN1CCC(C(N)=O)CC1.O=C(O)C(=O)O. The van der Waals surface area contributed by atoms with E-state index < -0.39 is 16.9 Å². The number of aliphatic carboxylic acids is 2. The van der Waals surface area contributed by atoms with Gasteiger partial charge in [-0.05, 0) is 32.0 Å². The molecule has 0 bridgehead atoms. The van der Waals surface area contributed by atoms with Gasteiger partial charge in [-0.15, -0.1) is 0 Å². The lowest BCUT2D eigenvalue weighted by Crippen LogP contribution is -2.39. The molecule has 0 atom stereocenters. The number of hydrogen-bond acceptors (Lipinski definition) is 8. The molecule has 0 aliphatic carbocycles. The fourth-order valence-corrected chi connectivity index (χ4v) is 2.82. The Hall–Kier alpha value is -3.74. The van der Waals surface area contributed by atoms with Crippen LogP contribution >= 0.6 is 0 Å². The fourth-order valence-electron chi connectivity index (χ4n) is 2.82. The number of anilines is 1. The van der Waals surface area contributed by atoms with E-state index in [1.54, 1.807) is 0 Å². The number of rotatable bonds is 7. The monoisotopic (exact) mass is 440 g/mol. The van der Waals surface area contributed by atoms with Gasteiger partial charge < -0.3 is 30.9 Å². The normalized spacial score (nSPS) is 14.0. The van der Waals surface area contributed by atoms with E-state index in [0.29, 0.717) is 25.1 Å². The Balaban J connectivity index is 0.000000703. The van der Waals surface area contributed by atoms with Crippen LogP contribution in [0.5, 0.6) is 5.75 Å². The highest BCUT2D eigenvalue weighted by atomic mass is 16.6. The minimum Gasteiger partial charge on any atom is -0.495 e. The number of nitrogens with two attached hydrogens (primary N) is 1. The number of piperidine rings is 1. The van der Waals surface area contributed by atoms with Crippen molar-refractivity contribution in [2.24, 2.45) is 11.7 Å². The van der Waals surface area contributed by atoms with Crippen LogP contribution in [0.4, 0.5) is 11.4 Å². The minimum atomic E-state index is -1.82. The lowest BCUT2D eigenvalue weighted by molar-refractivity contribution is -0.384. The van der Waals surface area contributed by atoms with E-state index in [1.165, 1.54) is 25.3 Å². The summed E-state index contributed by atoms with van der Waals surface area (Å²) in [6, 6.07) is 4.04. The van der Waals surface area contributed by atoms with Crippen LogP contribution in [0.2, 0.25) is 0 Å². The van der Waals surface area contributed by atoms with Gasteiger partial charge >= 0.3 is 11.9 Å². The number of nitro benzene ring substituents is 1. The van der Waals surface area contributed by atoms with Crippen molar-refractivity contribution < 1.29 is 39.1 Å². The molecule has 1 aliphatic rings.